The Morgan fingerprint density at radius 1 is 1.41 bits per heavy atom. The molecule has 7 nitrogen and oxygen atoms in total. The fourth-order valence-electron chi connectivity index (χ4n) is 2.30. The van der Waals surface area contributed by atoms with E-state index in [1.807, 2.05) is 18.2 Å². The molecule has 1 fully saturated rings. The molecule has 2 aromatic rings. The standard InChI is InChI=1S/C15H18N4O3/c20-13(17-10-11-4-3-9-21-11)6-7-14-18-15(19-22-14)12-5-1-2-8-16-12/h1-2,5,8,11H,3-4,6-7,9-10H2,(H,17,20)/t11-/m1/s1. The van der Waals surface area contributed by atoms with E-state index in [1.165, 1.54) is 0 Å². The zero-order valence-electron chi connectivity index (χ0n) is 12.2. The van der Waals surface area contributed by atoms with Crippen LogP contribution >= 0.6 is 0 Å². The number of pyridine rings is 1. The summed E-state index contributed by atoms with van der Waals surface area (Å²) in [5, 5.41) is 6.74. The van der Waals surface area contributed by atoms with E-state index in [-0.39, 0.29) is 12.0 Å². The van der Waals surface area contributed by atoms with Crippen LogP contribution in [0.5, 0.6) is 0 Å². The first kappa shape index (κ1) is 14.6. The molecule has 0 bridgehead atoms. The number of amides is 1. The molecule has 0 aliphatic carbocycles. The van der Waals surface area contributed by atoms with E-state index in [0.29, 0.717) is 36.8 Å². The molecular weight excluding hydrogens is 284 g/mol. The van der Waals surface area contributed by atoms with Crippen molar-refractivity contribution in [2.24, 2.45) is 0 Å². The molecule has 1 N–H and O–H groups in total. The summed E-state index contributed by atoms with van der Waals surface area (Å²) in [6, 6.07) is 5.49. The number of ether oxygens (including phenoxy) is 1. The van der Waals surface area contributed by atoms with E-state index in [2.05, 4.69) is 20.4 Å². The lowest BCUT2D eigenvalue weighted by Gasteiger charge is -2.09. The molecule has 2 aromatic heterocycles. The second kappa shape index (κ2) is 7.13. The van der Waals surface area contributed by atoms with Crippen LogP contribution in [0, 0.1) is 0 Å². The molecule has 0 spiro atoms. The van der Waals surface area contributed by atoms with Gasteiger partial charge in [0.1, 0.15) is 5.69 Å². The van der Waals surface area contributed by atoms with Crippen molar-refractivity contribution in [3.63, 3.8) is 0 Å². The predicted molar refractivity (Wildman–Crippen MR) is 77.8 cm³/mol. The van der Waals surface area contributed by atoms with Crippen molar-refractivity contribution in [2.75, 3.05) is 13.2 Å². The maximum Gasteiger partial charge on any atom is 0.227 e. The zero-order valence-corrected chi connectivity index (χ0v) is 12.2. The highest BCUT2D eigenvalue weighted by Gasteiger charge is 2.16. The minimum absolute atomic E-state index is 0.0342. The van der Waals surface area contributed by atoms with E-state index < -0.39 is 0 Å². The second-order valence-electron chi connectivity index (χ2n) is 5.17. The molecule has 0 saturated carbocycles. The van der Waals surface area contributed by atoms with Crippen LogP contribution in [-0.4, -0.2) is 40.3 Å². The second-order valence-corrected chi connectivity index (χ2v) is 5.17. The Morgan fingerprint density at radius 3 is 3.14 bits per heavy atom. The predicted octanol–water partition coefficient (Wildman–Crippen LogP) is 1.36. The van der Waals surface area contributed by atoms with Crippen molar-refractivity contribution in [3.8, 4) is 11.5 Å². The van der Waals surface area contributed by atoms with Crippen LogP contribution in [0.3, 0.4) is 0 Å². The van der Waals surface area contributed by atoms with Crippen LogP contribution in [0.15, 0.2) is 28.9 Å². The summed E-state index contributed by atoms with van der Waals surface area (Å²) in [5.74, 6) is 0.844. The number of aryl methyl sites for hydroxylation is 1. The van der Waals surface area contributed by atoms with Gasteiger partial charge in [-0.1, -0.05) is 11.2 Å². The van der Waals surface area contributed by atoms with Crippen LogP contribution in [0.25, 0.3) is 11.5 Å². The van der Waals surface area contributed by atoms with E-state index in [9.17, 15) is 4.79 Å². The molecule has 3 rings (SSSR count). The molecule has 3 heterocycles. The van der Waals surface area contributed by atoms with E-state index in [0.717, 1.165) is 19.4 Å². The van der Waals surface area contributed by atoms with E-state index >= 15 is 0 Å². The van der Waals surface area contributed by atoms with Gasteiger partial charge in [-0.15, -0.1) is 0 Å². The molecular formula is C15H18N4O3. The number of carbonyl (C=O) groups is 1. The van der Waals surface area contributed by atoms with E-state index in [4.69, 9.17) is 9.26 Å². The summed E-state index contributed by atoms with van der Waals surface area (Å²) in [5.41, 5.74) is 0.653. The summed E-state index contributed by atoms with van der Waals surface area (Å²) >= 11 is 0. The summed E-state index contributed by atoms with van der Waals surface area (Å²) in [6.45, 7) is 1.36. The number of nitrogens with zero attached hydrogens (tertiary/aromatic N) is 3. The fraction of sp³-hybridized carbons (Fsp3) is 0.467. The Hall–Kier alpha value is -2.28. The molecule has 0 unspecified atom stereocenters. The third kappa shape index (κ3) is 3.88. The number of nitrogens with one attached hydrogen (secondary N) is 1. The van der Waals surface area contributed by atoms with Gasteiger partial charge in [0.2, 0.25) is 17.6 Å². The van der Waals surface area contributed by atoms with Gasteiger partial charge in [0.15, 0.2) is 0 Å². The number of hydrogen-bond donors (Lipinski definition) is 1. The topological polar surface area (TPSA) is 90.1 Å². The van der Waals surface area contributed by atoms with Crippen LogP contribution < -0.4 is 5.32 Å². The zero-order chi connectivity index (χ0) is 15.2. The Bertz CT molecular complexity index is 608. The van der Waals surface area contributed by atoms with Crippen molar-refractivity contribution in [2.45, 2.75) is 31.8 Å². The SMILES string of the molecule is O=C(CCc1nc(-c2ccccn2)no1)NC[C@H]1CCCO1. The molecule has 116 valence electrons. The lowest BCUT2D eigenvalue weighted by molar-refractivity contribution is -0.121. The largest absolute Gasteiger partial charge is 0.376 e. The summed E-state index contributed by atoms with van der Waals surface area (Å²) in [4.78, 5) is 20.2. The molecule has 0 radical (unpaired) electrons. The average molecular weight is 302 g/mol. The van der Waals surface area contributed by atoms with Gasteiger partial charge in [-0.05, 0) is 25.0 Å². The summed E-state index contributed by atoms with van der Waals surface area (Å²) in [6.07, 6.45) is 4.64. The number of aromatic nitrogens is 3. The van der Waals surface area contributed by atoms with Crippen molar-refractivity contribution in [1.29, 1.82) is 0 Å². The molecule has 22 heavy (non-hydrogen) atoms. The highest BCUT2D eigenvalue weighted by Crippen LogP contribution is 2.13. The Labute approximate surface area is 128 Å². The van der Waals surface area contributed by atoms with Crippen molar-refractivity contribution in [1.82, 2.24) is 20.4 Å². The normalized spacial score (nSPS) is 17.5. The van der Waals surface area contributed by atoms with Crippen LogP contribution in [-0.2, 0) is 16.0 Å². The van der Waals surface area contributed by atoms with Gasteiger partial charge in [-0.3, -0.25) is 9.78 Å². The molecule has 1 aliphatic heterocycles. The number of carbonyl (C=O) groups excluding carboxylic acids is 1. The van der Waals surface area contributed by atoms with Gasteiger partial charge in [0.05, 0.1) is 6.10 Å². The maximum atomic E-state index is 11.8. The molecule has 1 amide bonds. The first-order chi connectivity index (χ1) is 10.8. The van der Waals surface area contributed by atoms with Crippen molar-refractivity contribution >= 4 is 5.91 Å². The highest BCUT2D eigenvalue weighted by molar-refractivity contribution is 5.76. The van der Waals surface area contributed by atoms with Crippen LogP contribution in [0.2, 0.25) is 0 Å². The Kier molecular flexibility index (Phi) is 4.75. The minimum Gasteiger partial charge on any atom is -0.376 e. The Morgan fingerprint density at radius 2 is 2.36 bits per heavy atom. The summed E-state index contributed by atoms with van der Waals surface area (Å²) in [7, 11) is 0. The Balaban J connectivity index is 1.45. The van der Waals surface area contributed by atoms with Gasteiger partial charge in [-0.2, -0.15) is 4.98 Å². The van der Waals surface area contributed by atoms with Crippen LogP contribution in [0.1, 0.15) is 25.2 Å². The van der Waals surface area contributed by atoms with E-state index in [1.54, 1.807) is 6.20 Å². The minimum atomic E-state index is -0.0342. The van der Waals surface area contributed by atoms with Gasteiger partial charge in [0, 0.05) is 32.2 Å². The first-order valence-electron chi connectivity index (χ1n) is 7.43. The lowest BCUT2D eigenvalue weighted by atomic mass is 10.2. The number of hydrogen-bond acceptors (Lipinski definition) is 6. The fourth-order valence-corrected chi connectivity index (χ4v) is 2.30. The van der Waals surface area contributed by atoms with Gasteiger partial charge < -0.3 is 14.6 Å². The van der Waals surface area contributed by atoms with Gasteiger partial charge in [-0.25, -0.2) is 0 Å². The van der Waals surface area contributed by atoms with Gasteiger partial charge in [0.25, 0.3) is 0 Å². The highest BCUT2D eigenvalue weighted by atomic mass is 16.5. The third-order valence-electron chi connectivity index (χ3n) is 3.48. The summed E-state index contributed by atoms with van der Waals surface area (Å²) < 4.78 is 10.6. The molecule has 1 atom stereocenters. The van der Waals surface area contributed by atoms with Crippen LogP contribution in [0.4, 0.5) is 0 Å². The first-order valence-corrected chi connectivity index (χ1v) is 7.43. The number of rotatable bonds is 6. The smallest absolute Gasteiger partial charge is 0.227 e. The van der Waals surface area contributed by atoms with Crippen molar-refractivity contribution in [3.05, 3.63) is 30.3 Å². The molecule has 1 aliphatic rings. The average Bonchev–Trinajstić information content (AvgIpc) is 3.23. The molecule has 1 saturated heterocycles. The molecule has 0 aromatic carbocycles. The van der Waals surface area contributed by atoms with Crippen molar-refractivity contribution < 1.29 is 14.1 Å². The third-order valence-corrected chi connectivity index (χ3v) is 3.48. The van der Waals surface area contributed by atoms with Gasteiger partial charge >= 0.3 is 0 Å². The lowest BCUT2D eigenvalue weighted by Crippen LogP contribution is -2.31. The monoisotopic (exact) mass is 302 g/mol. The maximum absolute atomic E-state index is 11.8. The quantitative estimate of drug-likeness (QED) is 0.866. The molecule has 7 heteroatoms.